The number of benzene rings is 1. The van der Waals surface area contributed by atoms with Crippen LogP contribution in [0.3, 0.4) is 0 Å². The summed E-state index contributed by atoms with van der Waals surface area (Å²) in [7, 11) is 0. The molecule has 1 saturated heterocycles. The SMILES string of the molecule is CC(O)c1cc(-c2ccc3nc(Cc4cc(CN5CCN(C(=O)OC(C)(C)C)CC5)ccn4)[nH]c3c2)ncn1. The van der Waals surface area contributed by atoms with Crippen LogP contribution in [0.25, 0.3) is 22.3 Å². The highest BCUT2D eigenvalue weighted by atomic mass is 16.6. The zero-order valence-electron chi connectivity index (χ0n) is 22.9. The molecule has 1 aromatic carbocycles. The van der Waals surface area contributed by atoms with Crippen molar-refractivity contribution in [2.45, 2.75) is 52.4 Å². The second-order valence-electron chi connectivity index (χ2n) is 11.0. The number of pyridine rings is 1. The summed E-state index contributed by atoms with van der Waals surface area (Å²) in [5, 5.41) is 9.85. The summed E-state index contributed by atoms with van der Waals surface area (Å²) in [6, 6.07) is 11.9. The zero-order chi connectivity index (χ0) is 27.6. The molecule has 204 valence electrons. The van der Waals surface area contributed by atoms with E-state index in [1.807, 2.05) is 51.2 Å². The lowest BCUT2D eigenvalue weighted by molar-refractivity contribution is 0.0139. The Morgan fingerprint density at radius 3 is 2.62 bits per heavy atom. The third-order valence-corrected chi connectivity index (χ3v) is 6.60. The first-order chi connectivity index (χ1) is 18.6. The van der Waals surface area contributed by atoms with Crippen LogP contribution in [0.1, 0.15) is 56.6 Å². The minimum Gasteiger partial charge on any atom is -0.444 e. The van der Waals surface area contributed by atoms with Gasteiger partial charge in [-0.25, -0.2) is 19.7 Å². The van der Waals surface area contributed by atoms with Crippen LogP contribution in [0.5, 0.6) is 0 Å². The number of hydrogen-bond acceptors (Lipinski definition) is 8. The van der Waals surface area contributed by atoms with Gasteiger partial charge in [-0.1, -0.05) is 6.07 Å². The van der Waals surface area contributed by atoms with E-state index in [2.05, 4.69) is 30.9 Å². The molecular formula is C29H35N7O3. The van der Waals surface area contributed by atoms with Crippen molar-refractivity contribution in [3.8, 4) is 11.3 Å². The Morgan fingerprint density at radius 2 is 1.87 bits per heavy atom. The predicted molar refractivity (Wildman–Crippen MR) is 148 cm³/mol. The summed E-state index contributed by atoms with van der Waals surface area (Å²) in [5.41, 5.74) is 5.69. The lowest BCUT2D eigenvalue weighted by Gasteiger charge is -2.35. The summed E-state index contributed by atoms with van der Waals surface area (Å²) in [5.74, 6) is 0.838. The molecule has 0 spiro atoms. The first kappa shape index (κ1) is 26.7. The van der Waals surface area contributed by atoms with Crippen molar-refractivity contribution in [2.75, 3.05) is 26.2 Å². The van der Waals surface area contributed by atoms with Crippen molar-refractivity contribution >= 4 is 17.1 Å². The molecule has 1 amide bonds. The number of hydrogen-bond donors (Lipinski definition) is 2. The van der Waals surface area contributed by atoms with Crippen molar-refractivity contribution in [3.05, 3.63) is 71.7 Å². The Balaban J connectivity index is 1.22. The first-order valence-electron chi connectivity index (χ1n) is 13.3. The Morgan fingerprint density at radius 1 is 1.08 bits per heavy atom. The monoisotopic (exact) mass is 529 g/mol. The summed E-state index contributed by atoms with van der Waals surface area (Å²) >= 11 is 0. The van der Waals surface area contributed by atoms with E-state index in [9.17, 15) is 9.90 Å². The van der Waals surface area contributed by atoms with Gasteiger partial charge in [0.2, 0.25) is 0 Å². The van der Waals surface area contributed by atoms with Crippen LogP contribution in [0.15, 0.2) is 48.9 Å². The van der Waals surface area contributed by atoms with Crippen LogP contribution in [0, 0.1) is 0 Å². The molecule has 0 aliphatic carbocycles. The molecule has 10 heteroatoms. The van der Waals surface area contributed by atoms with E-state index < -0.39 is 11.7 Å². The number of aliphatic hydroxyl groups excluding tert-OH is 1. The summed E-state index contributed by atoms with van der Waals surface area (Å²) in [6.45, 7) is 11.1. The molecule has 1 aliphatic heterocycles. The van der Waals surface area contributed by atoms with Crippen LogP contribution in [0.2, 0.25) is 0 Å². The fourth-order valence-corrected chi connectivity index (χ4v) is 4.63. The van der Waals surface area contributed by atoms with E-state index in [1.54, 1.807) is 17.9 Å². The minimum atomic E-state index is -0.653. The molecule has 5 rings (SSSR count). The van der Waals surface area contributed by atoms with Crippen LogP contribution < -0.4 is 0 Å². The fraction of sp³-hybridized carbons (Fsp3) is 0.414. The lowest BCUT2D eigenvalue weighted by Crippen LogP contribution is -2.49. The maximum Gasteiger partial charge on any atom is 0.410 e. The lowest BCUT2D eigenvalue weighted by atomic mass is 10.1. The fourth-order valence-electron chi connectivity index (χ4n) is 4.63. The molecular weight excluding hydrogens is 494 g/mol. The van der Waals surface area contributed by atoms with Gasteiger partial charge in [-0.2, -0.15) is 0 Å². The summed E-state index contributed by atoms with van der Waals surface area (Å²) in [4.78, 5) is 37.7. The van der Waals surface area contributed by atoms with Crippen molar-refractivity contribution in [1.29, 1.82) is 0 Å². The second kappa shape index (κ2) is 11.1. The molecule has 1 fully saturated rings. The number of aromatic nitrogens is 5. The highest BCUT2D eigenvalue weighted by Crippen LogP contribution is 2.24. The number of rotatable bonds is 6. The molecule has 0 radical (unpaired) electrons. The van der Waals surface area contributed by atoms with Gasteiger partial charge in [0.25, 0.3) is 0 Å². The third-order valence-electron chi connectivity index (χ3n) is 6.60. The summed E-state index contributed by atoms with van der Waals surface area (Å²) < 4.78 is 5.50. The molecule has 1 atom stereocenters. The molecule has 10 nitrogen and oxygen atoms in total. The average molecular weight is 530 g/mol. The number of nitrogens with zero attached hydrogens (tertiary/aromatic N) is 6. The molecule has 1 aliphatic rings. The predicted octanol–water partition coefficient (Wildman–Crippen LogP) is 4.11. The largest absolute Gasteiger partial charge is 0.444 e. The van der Waals surface area contributed by atoms with Crippen molar-refractivity contribution < 1.29 is 14.6 Å². The van der Waals surface area contributed by atoms with E-state index in [-0.39, 0.29) is 6.09 Å². The number of carbonyl (C=O) groups is 1. The molecule has 3 aromatic heterocycles. The van der Waals surface area contributed by atoms with Crippen LogP contribution in [0.4, 0.5) is 4.79 Å². The second-order valence-corrected chi connectivity index (χ2v) is 11.0. The van der Waals surface area contributed by atoms with Crippen molar-refractivity contribution in [1.82, 2.24) is 34.7 Å². The number of carbonyl (C=O) groups excluding carboxylic acids is 1. The van der Waals surface area contributed by atoms with Gasteiger partial charge in [-0.3, -0.25) is 9.88 Å². The first-order valence-corrected chi connectivity index (χ1v) is 13.3. The van der Waals surface area contributed by atoms with Gasteiger partial charge >= 0.3 is 6.09 Å². The number of H-pyrrole nitrogens is 1. The van der Waals surface area contributed by atoms with E-state index >= 15 is 0 Å². The third kappa shape index (κ3) is 6.76. The van der Waals surface area contributed by atoms with Gasteiger partial charge in [-0.15, -0.1) is 0 Å². The van der Waals surface area contributed by atoms with Gasteiger partial charge in [-0.05, 0) is 63.6 Å². The van der Waals surface area contributed by atoms with E-state index in [1.165, 1.54) is 11.9 Å². The normalized spacial score (nSPS) is 15.5. The number of aliphatic hydroxyl groups is 1. The van der Waals surface area contributed by atoms with Crippen molar-refractivity contribution in [2.24, 2.45) is 0 Å². The molecule has 4 aromatic rings. The standard InChI is InChI=1S/C29H35N7O3/c1-19(37)24-16-25(32-18-31-24)21-5-6-23-26(14-21)34-27(33-23)15-22-13-20(7-8-30-22)17-35-9-11-36(12-10-35)28(38)39-29(2,3)4/h5-8,13-14,16,18-19,37H,9-12,15,17H2,1-4H3,(H,33,34). The quantitative estimate of drug-likeness (QED) is 0.383. The average Bonchev–Trinajstić information content (AvgIpc) is 3.30. The summed E-state index contributed by atoms with van der Waals surface area (Å²) in [6.07, 6.45) is 3.01. The molecule has 4 heterocycles. The van der Waals surface area contributed by atoms with Crippen LogP contribution in [-0.2, 0) is 17.7 Å². The number of aromatic amines is 1. The molecule has 0 bridgehead atoms. The van der Waals surface area contributed by atoms with E-state index in [0.717, 1.165) is 53.4 Å². The van der Waals surface area contributed by atoms with Crippen LogP contribution in [-0.4, -0.2) is 77.7 Å². The Labute approximate surface area is 228 Å². The zero-order valence-corrected chi connectivity index (χ0v) is 22.9. The molecule has 1 unspecified atom stereocenters. The number of imidazole rings is 1. The number of nitrogens with one attached hydrogen (secondary N) is 1. The Bertz CT molecular complexity index is 1450. The minimum absolute atomic E-state index is 0.243. The van der Waals surface area contributed by atoms with Gasteiger partial charge in [0.15, 0.2) is 0 Å². The van der Waals surface area contributed by atoms with Gasteiger partial charge in [0.1, 0.15) is 17.8 Å². The van der Waals surface area contributed by atoms with Crippen LogP contribution >= 0.6 is 0 Å². The Kier molecular flexibility index (Phi) is 7.58. The van der Waals surface area contributed by atoms with E-state index in [0.29, 0.717) is 25.2 Å². The number of amides is 1. The van der Waals surface area contributed by atoms with Crippen molar-refractivity contribution in [3.63, 3.8) is 0 Å². The highest BCUT2D eigenvalue weighted by Gasteiger charge is 2.25. The number of fused-ring (bicyclic) bond motifs is 1. The Hall–Kier alpha value is -3.89. The maximum absolute atomic E-state index is 12.3. The number of piperazine rings is 1. The van der Waals surface area contributed by atoms with Gasteiger partial charge < -0.3 is 19.7 Å². The highest BCUT2D eigenvalue weighted by molar-refractivity contribution is 5.81. The molecule has 0 saturated carbocycles. The van der Waals surface area contributed by atoms with Gasteiger partial charge in [0, 0.05) is 56.6 Å². The maximum atomic E-state index is 12.3. The molecule has 2 N–H and O–H groups in total. The number of ether oxygens (including phenoxy) is 1. The van der Waals surface area contributed by atoms with Gasteiger partial charge in [0.05, 0.1) is 28.5 Å². The smallest absolute Gasteiger partial charge is 0.410 e. The van der Waals surface area contributed by atoms with E-state index in [4.69, 9.17) is 9.72 Å². The topological polar surface area (TPSA) is 120 Å². The molecule has 39 heavy (non-hydrogen) atoms.